The number of Topliss-reactive ketones (excluding diaryl/α,β-unsaturated/α-hetero) is 1. The molecule has 3 aromatic carbocycles. The van der Waals surface area contributed by atoms with Gasteiger partial charge in [0.15, 0.2) is 5.78 Å². The molecule has 3 heteroatoms. The van der Waals surface area contributed by atoms with Crippen LogP contribution in [0, 0.1) is 0 Å². The Morgan fingerprint density at radius 2 is 1.58 bits per heavy atom. The topological polar surface area (TPSA) is 55.1 Å². The molecule has 1 aliphatic rings. The summed E-state index contributed by atoms with van der Waals surface area (Å²) in [6, 6.07) is 21.8. The zero-order valence-electron chi connectivity index (χ0n) is 13.3. The molecule has 0 bridgehead atoms. The van der Waals surface area contributed by atoms with Gasteiger partial charge in [-0.1, -0.05) is 42.5 Å². The second kappa shape index (κ2) is 5.85. The molecule has 3 aromatic rings. The molecule has 0 unspecified atom stereocenters. The first-order chi connectivity index (χ1) is 11.7. The predicted molar refractivity (Wildman–Crippen MR) is 97.9 cm³/mol. The fraction of sp³-hybridized carbons (Fsp3) is 0.0952. The number of benzene rings is 3. The van der Waals surface area contributed by atoms with Gasteiger partial charge < -0.3 is 11.1 Å². The van der Waals surface area contributed by atoms with Crippen LogP contribution in [-0.2, 0) is 12.8 Å². The van der Waals surface area contributed by atoms with Gasteiger partial charge in [-0.15, -0.1) is 0 Å². The molecule has 0 heterocycles. The van der Waals surface area contributed by atoms with Gasteiger partial charge >= 0.3 is 0 Å². The largest absolute Gasteiger partial charge is 0.397 e. The Labute approximate surface area is 141 Å². The highest BCUT2D eigenvalue weighted by atomic mass is 16.1. The summed E-state index contributed by atoms with van der Waals surface area (Å²) in [5, 5.41) is 3.34. The average Bonchev–Trinajstić information content (AvgIpc) is 2.73. The second-order valence-electron chi connectivity index (χ2n) is 6.13. The van der Waals surface area contributed by atoms with Crippen molar-refractivity contribution in [3.8, 4) is 0 Å². The number of anilines is 3. The lowest BCUT2D eigenvalue weighted by Gasteiger charge is -2.12. The molecule has 3 N–H and O–H groups in total. The summed E-state index contributed by atoms with van der Waals surface area (Å²) in [7, 11) is 0. The second-order valence-corrected chi connectivity index (χ2v) is 6.13. The number of para-hydroxylation sites is 2. The quantitative estimate of drug-likeness (QED) is 0.692. The first-order valence-corrected chi connectivity index (χ1v) is 8.05. The normalized spacial score (nSPS) is 12.9. The smallest absolute Gasteiger partial charge is 0.167 e. The molecule has 118 valence electrons. The lowest BCUT2D eigenvalue weighted by Crippen LogP contribution is -2.04. The van der Waals surface area contributed by atoms with E-state index in [1.54, 1.807) is 0 Å². The molecule has 0 saturated heterocycles. The van der Waals surface area contributed by atoms with Gasteiger partial charge in [-0.3, -0.25) is 4.79 Å². The van der Waals surface area contributed by atoms with Gasteiger partial charge in [-0.05, 0) is 47.4 Å². The van der Waals surface area contributed by atoms with Crippen LogP contribution in [0.5, 0.6) is 0 Å². The van der Waals surface area contributed by atoms with Gasteiger partial charge in [0.05, 0.1) is 11.4 Å². The molecule has 0 aliphatic heterocycles. The highest BCUT2D eigenvalue weighted by Crippen LogP contribution is 2.29. The first kappa shape index (κ1) is 14.5. The average molecular weight is 314 g/mol. The fourth-order valence-electron chi connectivity index (χ4n) is 3.23. The monoisotopic (exact) mass is 314 g/mol. The molecule has 3 nitrogen and oxygen atoms in total. The van der Waals surface area contributed by atoms with Gasteiger partial charge in [-0.2, -0.15) is 0 Å². The van der Waals surface area contributed by atoms with Crippen LogP contribution in [0.15, 0.2) is 66.7 Å². The first-order valence-electron chi connectivity index (χ1n) is 8.05. The maximum atomic E-state index is 12.6. The maximum Gasteiger partial charge on any atom is 0.167 e. The third-order valence-electron chi connectivity index (χ3n) is 4.50. The van der Waals surface area contributed by atoms with Crippen LogP contribution in [-0.4, -0.2) is 5.78 Å². The van der Waals surface area contributed by atoms with E-state index < -0.39 is 0 Å². The van der Waals surface area contributed by atoms with Gasteiger partial charge in [0.2, 0.25) is 0 Å². The van der Waals surface area contributed by atoms with Gasteiger partial charge in [-0.25, -0.2) is 0 Å². The minimum absolute atomic E-state index is 0.181. The molecule has 0 amide bonds. The summed E-state index contributed by atoms with van der Waals surface area (Å²) in [5.41, 5.74) is 12.8. The molecule has 0 fully saturated rings. The van der Waals surface area contributed by atoms with E-state index in [-0.39, 0.29) is 5.78 Å². The molecular formula is C21H18N2O. The van der Waals surface area contributed by atoms with Crippen LogP contribution in [0.2, 0.25) is 0 Å². The standard InChI is InChI=1S/C21H18N2O/c22-19-7-3-4-8-20(19)23-17-10-9-14-11-15-5-1-2-6-18(15)21(24)13-16(14)12-17/h1-10,12,23H,11,13,22H2. The summed E-state index contributed by atoms with van der Waals surface area (Å²) < 4.78 is 0. The van der Waals surface area contributed by atoms with E-state index in [9.17, 15) is 4.79 Å². The minimum Gasteiger partial charge on any atom is -0.397 e. The Balaban J connectivity index is 1.69. The summed E-state index contributed by atoms with van der Waals surface area (Å²) in [6.07, 6.45) is 1.23. The molecule has 4 rings (SSSR count). The lowest BCUT2D eigenvalue weighted by molar-refractivity contribution is 0.0993. The fourth-order valence-corrected chi connectivity index (χ4v) is 3.23. The van der Waals surface area contributed by atoms with Gasteiger partial charge in [0, 0.05) is 17.7 Å². The summed E-state index contributed by atoms with van der Waals surface area (Å²) in [6.45, 7) is 0. The lowest BCUT2D eigenvalue weighted by atomic mass is 10.00. The molecular weight excluding hydrogens is 296 g/mol. The van der Waals surface area contributed by atoms with E-state index in [2.05, 4.69) is 17.4 Å². The minimum atomic E-state index is 0.181. The molecule has 0 saturated carbocycles. The number of carbonyl (C=O) groups excluding carboxylic acids is 1. The van der Waals surface area contributed by atoms with Crippen molar-refractivity contribution in [2.24, 2.45) is 0 Å². The molecule has 0 radical (unpaired) electrons. The summed E-state index contributed by atoms with van der Waals surface area (Å²) >= 11 is 0. The highest BCUT2D eigenvalue weighted by Gasteiger charge is 2.19. The molecule has 24 heavy (non-hydrogen) atoms. The number of hydrogen-bond acceptors (Lipinski definition) is 3. The highest BCUT2D eigenvalue weighted by molar-refractivity contribution is 6.00. The number of hydrogen-bond donors (Lipinski definition) is 2. The molecule has 0 aromatic heterocycles. The van der Waals surface area contributed by atoms with Crippen molar-refractivity contribution in [1.82, 2.24) is 0 Å². The summed E-state index contributed by atoms with van der Waals surface area (Å²) in [4.78, 5) is 12.6. The Hall–Kier alpha value is -3.07. The molecule has 0 atom stereocenters. The number of fused-ring (bicyclic) bond motifs is 2. The summed E-state index contributed by atoms with van der Waals surface area (Å²) in [5.74, 6) is 0.181. The van der Waals surface area contributed by atoms with Crippen LogP contribution >= 0.6 is 0 Å². The zero-order chi connectivity index (χ0) is 16.5. The Morgan fingerprint density at radius 3 is 2.46 bits per heavy atom. The van der Waals surface area contributed by atoms with Crippen molar-refractivity contribution in [2.45, 2.75) is 12.8 Å². The van der Waals surface area contributed by atoms with E-state index in [4.69, 9.17) is 5.73 Å². The number of carbonyl (C=O) groups is 1. The number of nitrogen functional groups attached to an aromatic ring is 1. The van der Waals surface area contributed by atoms with Crippen LogP contribution < -0.4 is 11.1 Å². The third-order valence-corrected chi connectivity index (χ3v) is 4.50. The number of rotatable bonds is 2. The van der Waals surface area contributed by atoms with Crippen molar-refractivity contribution < 1.29 is 4.79 Å². The van der Waals surface area contributed by atoms with E-state index in [0.717, 1.165) is 34.5 Å². The molecule has 1 aliphatic carbocycles. The maximum absolute atomic E-state index is 12.6. The van der Waals surface area contributed by atoms with E-state index in [1.807, 2.05) is 54.6 Å². The van der Waals surface area contributed by atoms with Crippen molar-refractivity contribution in [1.29, 1.82) is 0 Å². The van der Waals surface area contributed by atoms with E-state index >= 15 is 0 Å². The third kappa shape index (κ3) is 2.65. The van der Waals surface area contributed by atoms with Crippen LogP contribution in [0.25, 0.3) is 0 Å². The van der Waals surface area contributed by atoms with Crippen molar-refractivity contribution in [3.63, 3.8) is 0 Å². The van der Waals surface area contributed by atoms with Gasteiger partial charge in [0.25, 0.3) is 0 Å². The van der Waals surface area contributed by atoms with E-state index in [1.165, 1.54) is 5.56 Å². The van der Waals surface area contributed by atoms with Crippen molar-refractivity contribution >= 4 is 22.8 Å². The number of nitrogens with one attached hydrogen (secondary N) is 1. The predicted octanol–water partition coefficient (Wildman–Crippen LogP) is 4.34. The Kier molecular flexibility index (Phi) is 3.54. The Bertz CT molecular complexity index is 931. The number of ketones is 1. The number of nitrogens with two attached hydrogens (primary N) is 1. The van der Waals surface area contributed by atoms with Crippen LogP contribution in [0.1, 0.15) is 27.0 Å². The van der Waals surface area contributed by atoms with Crippen LogP contribution in [0.3, 0.4) is 0 Å². The SMILES string of the molecule is Nc1ccccc1Nc1ccc2c(c1)CC(=O)c1ccccc1C2. The van der Waals surface area contributed by atoms with E-state index in [0.29, 0.717) is 12.1 Å². The van der Waals surface area contributed by atoms with Crippen molar-refractivity contribution in [2.75, 3.05) is 11.1 Å². The zero-order valence-corrected chi connectivity index (χ0v) is 13.3. The van der Waals surface area contributed by atoms with Crippen LogP contribution in [0.4, 0.5) is 17.1 Å². The molecule has 0 spiro atoms. The van der Waals surface area contributed by atoms with Crippen molar-refractivity contribution in [3.05, 3.63) is 89.0 Å². The van der Waals surface area contributed by atoms with Gasteiger partial charge in [0.1, 0.15) is 0 Å². The Morgan fingerprint density at radius 1 is 0.792 bits per heavy atom.